The molecule has 0 bridgehead atoms. The number of urea groups is 1. The lowest BCUT2D eigenvalue weighted by Gasteiger charge is -2.39. The van der Waals surface area contributed by atoms with Crippen LogP contribution in [0.4, 0.5) is 4.79 Å². The molecule has 2 aliphatic heterocycles. The van der Waals surface area contributed by atoms with Crippen LogP contribution < -0.4 is 10.6 Å². The van der Waals surface area contributed by atoms with Gasteiger partial charge in [0.1, 0.15) is 5.54 Å². The van der Waals surface area contributed by atoms with E-state index in [1.807, 2.05) is 0 Å². The zero-order chi connectivity index (χ0) is 10.4. The van der Waals surface area contributed by atoms with Crippen LogP contribution in [0.15, 0.2) is 0 Å². The van der Waals surface area contributed by atoms with Crippen LogP contribution in [0.2, 0.25) is 0 Å². The molecule has 2 fully saturated rings. The van der Waals surface area contributed by atoms with E-state index in [4.69, 9.17) is 0 Å². The normalized spacial score (nSPS) is 35.6. The lowest BCUT2D eigenvalue weighted by atomic mass is 9.80. The minimum absolute atomic E-state index is 0.109. The van der Waals surface area contributed by atoms with E-state index >= 15 is 0 Å². The van der Waals surface area contributed by atoms with Gasteiger partial charge in [-0.05, 0) is 17.6 Å². The summed E-state index contributed by atoms with van der Waals surface area (Å²) in [6.07, 6.45) is 0.727. The van der Waals surface area contributed by atoms with Crippen LogP contribution in [0.1, 0.15) is 20.3 Å². The molecule has 78 valence electrons. The highest BCUT2D eigenvalue weighted by Gasteiger charge is 2.51. The Hall–Kier alpha value is -0.710. The zero-order valence-electron chi connectivity index (χ0n) is 8.35. The average molecular weight is 214 g/mol. The Morgan fingerprint density at radius 2 is 2.00 bits per heavy atom. The number of hydrogen-bond donors (Lipinski definition) is 2. The number of amides is 3. The van der Waals surface area contributed by atoms with E-state index in [2.05, 4.69) is 24.5 Å². The molecule has 0 radical (unpaired) electrons. The summed E-state index contributed by atoms with van der Waals surface area (Å²) in [6, 6.07) is -0.353. The standard InChI is InChI=1S/C9H14N2O2S/c1-8(2)3-9(5-14-4-8)6(12)10-7(13)11-9/h3-5H2,1-2H3,(H2,10,11,12,13). The second-order valence-corrected chi connectivity index (χ2v) is 5.81. The van der Waals surface area contributed by atoms with E-state index in [1.165, 1.54) is 0 Å². The first-order valence-corrected chi connectivity index (χ1v) is 5.80. The molecular weight excluding hydrogens is 200 g/mol. The molecule has 2 aliphatic rings. The fraction of sp³-hybridized carbons (Fsp3) is 0.778. The molecule has 14 heavy (non-hydrogen) atoms. The predicted molar refractivity (Wildman–Crippen MR) is 55.1 cm³/mol. The largest absolute Gasteiger partial charge is 0.322 e. The zero-order valence-corrected chi connectivity index (χ0v) is 9.16. The van der Waals surface area contributed by atoms with Crippen LogP contribution in [0.3, 0.4) is 0 Å². The molecule has 0 saturated carbocycles. The van der Waals surface area contributed by atoms with E-state index in [-0.39, 0.29) is 17.4 Å². The highest BCUT2D eigenvalue weighted by atomic mass is 32.2. The minimum atomic E-state index is -0.649. The van der Waals surface area contributed by atoms with E-state index in [9.17, 15) is 9.59 Å². The van der Waals surface area contributed by atoms with Gasteiger partial charge in [0.25, 0.3) is 5.91 Å². The molecule has 0 aromatic heterocycles. The molecule has 4 nitrogen and oxygen atoms in total. The Bertz CT molecular complexity index is 303. The van der Waals surface area contributed by atoms with Gasteiger partial charge >= 0.3 is 6.03 Å². The first kappa shape index (κ1) is 9.83. The second-order valence-electron chi connectivity index (χ2n) is 4.82. The van der Waals surface area contributed by atoms with Gasteiger partial charge in [0.15, 0.2) is 0 Å². The van der Waals surface area contributed by atoms with Gasteiger partial charge in [-0.25, -0.2) is 4.79 Å². The maximum absolute atomic E-state index is 11.6. The Balaban J connectivity index is 2.24. The van der Waals surface area contributed by atoms with Crippen molar-refractivity contribution in [1.82, 2.24) is 10.6 Å². The molecule has 0 aliphatic carbocycles. The summed E-state index contributed by atoms with van der Waals surface area (Å²) in [4.78, 5) is 22.7. The number of thioether (sulfide) groups is 1. The fourth-order valence-corrected chi connectivity index (χ4v) is 3.59. The molecular formula is C9H14N2O2S. The minimum Gasteiger partial charge on any atom is -0.322 e. The second kappa shape index (κ2) is 2.89. The summed E-state index contributed by atoms with van der Waals surface area (Å²) >= 11 is 1.73. The predicted octanol–water partition coefficient (Wildman–Crippen LogP) is 0.728. The van der Waals surface area contributed by atoms with Gasteiger partial charge in [0.05, 0.1) is 0 Å². The summed E-state index contributed by atoms with van der Waals surface area (Å²) in [6.45, 7) is 4.25. The number of rotatable bonds is 0. The van der Waals surface area contributed by atoms with E-state index in [1.54, 1.807) is 11.8 Å². The van der Waals surface area contributed by atoms with Crippen LogP contribution in [0.5, 0.6) is 0 Å². The van der Waals surface area contributed by atoms with Gasteiger partial charge in [-0.15, -0.1) is 0 Å². The number of imide groups is 1. The van der Waals surface area contributed by atoms with Crippen molar-refractivity contribution in [3.63, 3.8) is 0 Å². The molecule has 2 saturated heterocycles. The van der Waals surface area contributed by atoms with Gasteiger partial charge < -0.3 is 5.32 Å². The van der Waals surface area contributed by atoms with Crippen molar-refractivity contribution >= 4 is 23.7 Å². The molecule has 1 spiro atoms. The summed E-state index contributed by atoms with van der Waals surface area (Å²) in [5.41, 5.74) is -0.540. The molecule has 2 N–H and O–H groups in total. The van der Waals surface area contributed by atoms with E-state index in [0.717, 1.165) is 12.2 Å². The Labute approximate surface area is 87.2 Å². The van der Waals surface area contributed by atoms with Crippen LogP contribution in [0, 0.1) is 5.41 Å². The van der Waals surface area contributed by atoms with Crippen molar-refractivity contribution in [3.8, 4) is 0 Å². The molecule has 2 heterocycles. The summed E-state index contributed by atoms with van der Waals surface area (Å²) in [5.74, 6) is 1.56. The summed E-state index contributed by atoms with van der Waals surface area (Å²) in [7, 11) is 0. The van der Waals surface area contributed by atoms with Gasteiger partial charge in [0.2, 0.25) is 0 Å². The summed E-state index contributed by atoms with van der Waals surface area (Å²) in [5, 5.41) is 5.07. The summed E-state index contributed by atoms with van der Waals surface area (Å²) < 4.78 is 0. The SMILES string of the molecule is CC1(C)CSCC2(C1)NC(=O)NC2=O. The first-order valence-electron chi connectivity index (χ1n) is 4.65. The monoisotopic (exact) mass is 214 g/mol. The highest BCUT2D eigenvalue weighted by Crippen LogP contribution is 2.40. The van der Waals surface area contributed by atoms with E-state index in [0.29, 0.717) is 5.75 Å². The van der Waals surface area contributed by atoms with Crippen molar-refractivity contribution in [3.05, 3.63) is 0 Å². The number of hydrogen-bond acceptors (Lipinski definition) is 3. The average Bonchev–Trinajstić information content (AvgIpc) is 2.24. The van der Waals surface area contributed by atoms with E-state index < -0.39 is 5.54 Å². The lowest BCUT2D eigenvalue weighted by Crippen LogP contribution is -2.54. The lowest BCUT2D eigenvalue weighted by molar-refractivity contribution is -0.124. The van der Waals surface area contributed by atoms with Gasteiger partial charge in [-0.2, -0.15) is 11.8 Å². The molecule has 5 heteroatoms. The molecule has 2 rings (SSSR count). The van der Waals surface area contributed by atoms with Crippen molar-refractivity contribution in [1.29, 1.82) is 0 Å². The molecule has 0 aromatic carbocycles. The van der Waals surface area contributed by atoms with Crippen molar-refractivity contribution in [2.75, 3.05) is 11.5 Å². The van der Waals surface area contributed by atoms with Crippen molar-refractivity contribution < 1.29 is 9.59 Å². The number of nitrogens with one attached hydrogen (secondary N) is 2. The van der Waals surface area contributed by atoms with Crippen LogP contribution in [-0.4, -0.2) is 29.0 Å². The number of carbonyl (C=O) groups excluding carboxylic acids is 2. The molecule has 0 aromatic rings. The van der Waals surface area contributed by atoms with Crippen molar-refractivity contribution in [2.45, 2.75) is 25.8 Å². The quantitative estimate of drug-likeness (QED) is 0.584. The first-order chi connectivity index (χ1) is 6.44. The van der Waals surface area contributed by atoms with Crippen LogP contribution >= 0.6 is 11.8 Å². The third-order valence-electron chi connectivity index (χ3n) is 2.64. The molecule has 3 amide bonds. The highest BCUT2D eigenvalue weighted by molar-refractivity contribution is 7.99. The van der Waals surface area contributed by atoms with Crippen molar-refractivity contribution in [2.24, 2.45) is 5.41 Å². The maximum atomic E-state index is 11.6. The maximum Gasteiger partial charge on any atom is 0.322 e. The van der Waals surface area contributed by atoms with Gasteiger partial charge in [-0.3, -0.25) is 10.1 Å². The van der Waals surface area contributed by atoms with Crippen LogP contribution in [-0.2, 0) is 4.79 Å². The smallest absolute Gasteiger partial charge is 0.322 e. The Morgan fingerprint density at radius 1 is 1.29 bits per heavy atom. The van der Waals surface area contributed by atoms with Gasteiger partial charge in [-0.1, -0.05) is 13.8 Å². The topological polar surface area (TPSA) is 58.2 Å². The fourth-order valence-electron chi connectivity index (χ4n) is 2.17. The molecule has 1 unspecified atom stereocenters. The van der Waals surface area contributed by atoms with Gasteiger partial charge in [0, 0.05) is 5.75 Å². The number of carbonyl (C=O) groups is 2. The Kier molecular flexibility index (Phi) is 2.03. The Morgan fingerprint density at radius 3 is 2.50 bits per heavy atom. The van der Waals surface area contributed by atoms with Crippen LogP contribution in [0.25, 0.3) is 0 Å². The third-order valence-corrected chi connectivity index (χ3v) is 4.32. The molecule has 1 atom stereocenters. The third kappa shape index (κ3) is 1.49.